The lowest BCUT2D eigenvalue weighted by atomic mass is 9.73. The van der Waals surface area contributed by atoms with Crippen LogP contribution < -0.4 is 5.32 Å². The highest BCUT2D eigenvalue weighted by Crippen LogP contribution is 2.44. The van der Waals surface area contributed by atoms with E-state index in [-0.39, 0.29) is 12.1 Å². The lowest BCUT2D eigenvalue weighted by molar-refractivity contribution is 0.124. The number of urea groups is 1. The molecule has 3 aromatic rings. The van der Waals surface area contributed by atoms with Crippen molar-refractivity contribution < 1.29 is 4.79 Å². The summed E-state index contributed by atoms with van der Waals surface area (Å²) >= 11 is 0. The zero-order valence-electron chi connectivity index (χ0n) is 20.6. The van der Waals surface area contributed by atoms with Gasteiger partial charge in [-0.25, -0.2) is 4.79 Å². The van der Waals surface area contributed by atoms with Crippen molar-refractivity contribution in [3.8, 4) is 17.9 Å². The van der Waals surface area contributed by atoms with E-state index in [0.717, 1.165) is 49.2 Å². The number of benzene rings is 2. The Morgan fingerprint density at radius 1 is 1.14 bits per heavy atom. The summed E-state index contributed by atoms with van der Waals surface area (Å²) in [5.41, 5.74) is 6.27. The number of aromatic nitrogens is 1. The molecule has 6 heteroatoms. The molecule has 2 amide bonds. The fourth-order valence-electron chi connectivity index (χ4n) is 5.78. The number of hydrogen-bond donors (Lipinski definition) is 2. The zero-order chi connectivity index (χ0) is 24.5. The maximum Gasteiger partial charge on any atom is 0.317 e. The van der Waals surface area contributed by atoms with Crippen molar-refractivity contribution in [2.75, 3.05) is 26.7 Å². The minimum Gasteiger partial charge on any atom is -0.348 e. The molecule has 1 aliphatic heterocycles. The van der Waals surface area contributed by atoms with Crippen molar-refractivity contribution in [1.82, 2.24) is 20.1 Å². The van der Waals surface area contributed by atoms with Crippen molar-refractivity contribution in [3.63, 3.8) is 0 Å². The molecule has 5 rings (SSSR count). The van der Waals surface area contributed by atoms with E-state index in [1.807, 2.05) is 30.9 Å². The van der Waals surface area contributed by atoms with Gasteiger partial charge in [-0.05, 0) is 81.1 Å². The number of carbonyl (C=O) groups excluding carboxylic acids is 1. The van der Waals surface area contributed by atoms with Crippen molar-refractivity contribution in [2.45, 2.75) is 44.7 Å². The number of amides is 2. The molecule has 1 saturated heterocycles. The Bertz CT molecular complexity index is 1350. The van der Waals surface area contributed by atoms with E-state index in [2.05, 4.69) is 58.4 Å². The largest absolute Gasteiger partial charge is 0.348 e. The number of nitrogens with one attached hydrogen (secondary N) is 2. The highest BCUT2D eigenvalue weighted by Gasteiger charge is 2.40. The predicted octanol–water partition coefficient (Wildman–Crippen LogP) is 4.20. The molecule has 0 spiro atoms. The number of H-pyrrole nitrogens is 1. The molecular weight excluding hydrogens is 434 g/mol. The number of aromatic amines is 1. The molecule has 35 heavy (non-hydrogen) atoms. The molecule has 3 atom stereocenters. The van der Waals surface area contributed by atoms with Gasteiger partial charge in [0.05, 0.1) is 17.3 Å². The number of fused-ring (bicyclic) bond motifs is 2. The minimum absolute atomic E-state index is 0.0311. The average Bonchev–Trinajstić information content (AvgIpc) is 3.23. The van der Waals surface area contributed by atoms with Crippen LogP contribution in [0.3, 0.4) is 0 Å². The summed E-state index contributed by atoms with van der Waals surface area (Å²) in [6, 6.07) is 16.6. The van der Waals surface area contributed by atoms with Crippen LogP contribution >= 0.6 is 0 Å². The molecule has 6 nitrogen and oxygen atoms in total. The zero-order valence-corrected chi connectivity index (χ0v) is 20.6. The summed E-state index contributed by atoms with van der Waals surface area (Å²) in [4.78, 5) is 20.5. The van der Waals surface area contributed by atoms with Crippen LogP contribution in [0, 0.1) is 23.2 Å². The van der Waals surface area contributed by atoms with Crippen LogP contribution in [0.15, 0.2) is 42.5 Å². The van der Waals surface area contributed by atoms with Gasteiger partial charge >= 0.3 is 6.03 Å². The fraction of sp³-hybridized carbons (Fsp3) is 0.379. The number of likely N-dealkylation sites (tertiary alicyclic amines) is 1. The smallest absolute Gasteiger partial charge is 0.317 e. The van der Waals surface area contributed by atoms with Crippen molar-refractivity contribution in [2.24, 2.45) is 0 Å². The number of rotatable bonds is 3. The van der Waals surface area contributed by atoms with Gasteiger partial charge in [0.15, 0.2) is 0 Å². The van der Waals surface area contributed by atoms with E-state index in [1.54, 1.807) is 12.1 Å². The second-order valence-electron chi connectivity index (χ2n) is 9.56. The Hall–Kier alpha value is -3.74. The number of carbonyl (C=O) groups is 1. The maximum atomic E-state index is 12.7. The molecule has 0 unspecified atom stereocenters. The summed E-state index contributed by atoms with van der Waals surface area (Å²) in [6.07, 6.45) is 1.88. The van der Waals surface area contributed by atoms with Crippen LogP contribution in [-0.2, 0) is 6.42 Å². The van der Waals surface area contributed by atoms with Crippen LogP contribution in [0.4, 0.5) is 4.79 Å². The third kappa shape index (κ3) is 4.27. The normalized spacial score (nSPS) is 20.9. The lowest BCUT2D eigenvalue weighted by Crippen LogP contribution is -2.56. The molecular formula is C29H31N5O. The first-order chi connectivity index (χ1) is 17.0. The summed E-state index contributed by atoms with van der Waals surface area (Å²) < 4.78 is 0. The molecule has 1 fully saturated rings. The van der Waals surface area contributed by atoms with E-state index < -0.39 is 0 Å². The molecule has 0 radical (unpaired) electrons. The molecule has 2 N–H and O–H groups in total. The van der Waals surface area contributed by atoms with Crippen LogP contribution in [-0.4, -0.2) is 59.6 Å². The Morgan fingerprint density at radius 3 is 2.60 bits per heavy atom. The van der Waals surface area contributed by atoms with Gasteiger partial charge in [0.25, 0.3) is 0 Å². The van der Waals surface area contributed by atoms with E-state index in [1.165, 1.54) is 16.5 Å². The van der Waals surface area contributed by atoms with Crippen molar-refractivity contribution in [1.29, 1.82) is 5.26 Å². The highest BCUT2D eigenvalue weighted by atomic mass is 16.2. The fourth-order valence-corrected chi connectivity index (χ4v) is 5.78. The number of nitrogens with zero attached hydrogens (tertiary/aromatic N) is 3. The number of likely N-dealkylation sites (N-methyl/N-ethyl adjacent to an activating group) is 1. The average molecular weight is 466 g/mol. The second kappa shape index (κ2) is 9.49. The van der Waals surface area contributed by atoms with Gasteiger partial charge in [0.2, 0.25) is 0 Å². The van der Waals surface area contributed by atoms with Crippen LogP contribution in [0.25, 0.3) is 10.9 Å². The van der Waals surface area contributed by atoms with Crippen molar-refractivity contribution >= 4 is 16.9 Å². The molecule has 2 aromatic carbocycles. The van der Waals surface area contributed by atoms with Gasteiger partial charge in [-0.2, -0.15) is 5.26 Å². The minimum atomic E-state index is 0.0311. The second-order valence-corrected chi connectivity index (χ2v) is 9.56. The molecule has 1 aliphatic carbocycles. The Balaban J connectivity index is 1.46. The summed E-state index contributed by atoms with van der Waals surface area (Å²) in [6.45, 7) is 6.31. The van der Waals surface area contributed by atoms with E-state index in [4.69, 9.17) is 5.26 Å². The van der Waals surface area contributed by atoms with Gasteiger partial charge < -0.3 is 20.1 Å². The lowest BCUT2D eigenvalue weighted by Gasteiger charge is -2.46. The number of piperidine rings is 1. The first-order valence-electron chi connectivity index (χ1n) is 12.4. The third-order valence-corrected chi connectivity index (χ3v) is 7.57. The van der Waals surface area contributed by atoms with Gasteiger partial charge in [0, 0.05) is 54.1 Å². The third-order valence-electron chi connectivity index (χ3n) is 7.57. The summed E-state index contributed by atoms with van der Waals surface area (Å²) in [5, 5.41) is 13.6. The Labute approximate surface area is 206 Å². The standard InChI is InChI=1S/C29H31N5O/c1-4-34(5-2)29(35)31-21-15-23-22-7-6-8-26-28(22)24(16-27(23)33(3)18-21)25(32-26)14-13-19-9-11-20(17-30)12-10-19/h6-12,21,23,27,32H,4-5,15-16,18H2,1-3H3,(H,31,35)/t21-,23+,27+/m0/s1. The first-order valence-corrected chi connectivity index (χ1v) is 12.4. The van der Waals surface area contributed by atoms with Crippen LogP contribution in [0.1, 0.15) is 54.1 Å². The van der Waals surface area contributed by atoms with Crippen molar-refractivity contribution in [3.05, 3.63) is 70.4 Å². The van der Waals surface area contributed by atoms with E-state index in [0.29, 0.717) is 17.5 Å². The topological polar surface area (TPSA) is 75.2 Å². The molecule has 0 saturated carbocycles. The van der Waals surface area contributed by atoms with Gasteiger partial charge in [-0.15, -0.1) is 0 Å². The monoisotopic (exact) mass is 465 g/mol. The van der Waals surface area contributed by atoms with E-state index in [9.17, 15) is 4.79 Å². The Morgan fingerprint density at radius 2 is 1.89 bits per heavy atom. The number of nitriles is 1. The van der Waals surface area contributed by atoms with Gasteiger partial charge in [-0.3, -0.25) is 0 Å². The highest BCUT2D eigenvalue weighted by molar-refractivity contribution is 5.91. The van der Waals surface area contributed by atoms with Crippen LogP contribution in [0.2, 0.25) is 0 Å². The molecule has 178 valence electrons. The summed E-state index contributed by atoms with van der Waals surface area (Å²) in [5.74, 6) is 7.00. The first kappa shape index (κ1) is 23.0. The molecule has 2 aliphatic rings. The van der Waals surface area contributed by atoms with Gasteiger partial charge in [0.1, 0.15) is 0 Å². The SMILES string of the molecule is CCN(CC)C(=O)N[C@H]1C[C@@H]2c3cccc4[nH]c(C#Cc5ccc(C#N)cc5)c(c34)C[C@H]2N(C)C1. The quantitative estimate of drug-likeness (QED) is 0.569. The summed E-state index contributed by atoms with van der Waals surface area (Å²) in [7, 11) is 2.17. The molecule has 1 aromatic heterocycles. The maximum absolute atomic E-state index is 12.7. The molecule has 0 bridgehead atoms. The number of hydrogen-bond acceptors (Lipinski definition) is 3. The van der Waals surface area contributed by atoms with E-state index >= 15 is 0 Å². The Kier molecular flexibility index (Phi) is 6.24. The predicted molar refractivity (Wildman–Crippen MR) is 138 cm³/mol. The van der Waals surface area contributed by atoms with Crippen LogP contribution in [0.5, 0.6) is 0 Å². The van der Waals surface area contributed by atoms with Gasteiger partial charge in [-0.1, -0.05) is 18.1 Å². The molecule has 2 heterocycles.